The van der Waals surface area contributed by atoms with Gasteiger partial charge in [0.15, 0.2) is 0 Å². The van der Waals surface area contributed by atoms with Gasteiger partial charge in [0, 0.05) is 36.8 Å². The Hall–Kier alpha value is -5.63. The van der Waals surface area contributed by atoms with Crippen molar-refractivity contribution in [2.45, 2.75) is 64.8 Å². The van der Waals surface area contributed by atoms with Crippen molar-refractivity contribution >= 4 is 34.9 Å². The number of rotatable bonds is 12. The molecule has 7 rings (SSSR count). The minimum atomic E-state index is -0.582. The number of amides is 3. The van der Waals surface area contributed by atoms with Crippen LogP contribution in [0, 0.1) is 12.8 Å². The van der Waals surface area contributed by atoms with E-state index in [1.807, 2.05) is 68.6 Å². The average molecular weight is 734 g/mol. The maximum absolute atomic E-state index is 14.2. The van der Waals surface area contributed by atoms with Gasteiger partial charge in [0.2, 0.25) is 23.6 Å². The van der Waals surface area contributed by atoms with E-state index in [2.05, 4.69) is 37.5 Å². The van der Waals surface area contributed by atoms with E-state index >= 15 is 0 Å². The molecule has 53 heavy (non-hydrogen) atoms. The van der Waals surface area contributed by atoms with Gasteiger partial charge >= 0.3 is 0 Å². The second-order valence-corrected chi connectivity index (χ2v) is 14.9. The Kier molecular flexibility index (Phi) is 10.2. The topological polar surface area (TPSA) is 161 Å². The van der Waals surface area contributed by atoms with E-state index in [4.69, 9.17) is 10.5 Å². The van der Waals surface area contributed by atoms with E-state index in [9.17, 15) is 14.4 Å². The summed E-state index contributed by atoms with van der Waals surface area (Å²) in [6, 6.07) is 14.0. The number of likely N-dealkylation sites (tertiary alicyclic amines) is 1. The zero-order valence-electron chi connectivity index (χ0n) is 30.2. The Balaban J connectivity index is 0.976. The molecular weight excluding hydrogens is 691 g/mol. The molecule has 1 unspecified atom stereocenters. The van der Waals surface area contributed by atoms with E-state index in [0.29, 0.717) is 37.5 Å². The Morgan fingerprint density at radius 3 is 2.43 bits per heavy atom. The van der Waals surface area contributed by atoms with E-state index < -0.39 is 18.0 Å². The fourth-order valence-corrected chi connectivity index (χ4v) is 7.77. The molecule has 5 aromatic rings. The second-order valence-electron chi connectivity index (χ2n) is 14.0. The van der Waals surface area contributed by atoms with Gasteiger partial charge in [-0.1, -0.05) is 38.1 Å². The maximum Gasteiger partial charge on any atom is 0.250 e. The van der Waals surface area contributed by atoms with E-state index in [-0.39, 0.29) is 29.9 Å². The third kappa shape index (κ3) is 7.63. The Bertz CT molecular complexity index is 2090. The SMILES string of the molecule is Cc1ncsc1-c1ccc([C@H](C)NC(=O)[C@@H]2CCCN2C(=O)C(C(C)C)n2cc(-c3ccnc(OC4CN(c5ccc(C(N)=O)cn5)C4)c3)cn2)cc1. The molecule has 0 aliphatic carbocycles. The van der Waals surface area contributed by atoms with Crippen molar-refractivity contribution in [3.05, 3.63) is 95.6 Å². The fourth-order valence-electron chi connectivity index (χ4n) is 6.95. The van der Waals surface area contributed by atoms with Crippen molar-refractivity contribution in [1.29, 1.82) is 0 Å². The van der Waals surface area contributed by atoms with Gasteiger partial charge in [-0.3, -0.25) is 19.1 Å². The number of primary amides is 1. The van der Waals surface area contributed by atoms with Crippen LogP contribution in [0.2, 0.25) is 0 Å². The van der Waals surface area contributed by atoms with Gasteiger partial charge in [0.1, 0.15) is 24.0 Å². The number of hydrogen-bond donors (Lipinski definition) is 2. The summed E-state index contributed by atoms with van der Waals surface area (Å²) in [6.45, 7) is 9.73. The number of anilines is 1. The van der Waals surface area contributed by atoms with Crippen molar-refractivity contribution in [3.8, 4) is 27.4 Å². The molecule has 2 aliphatic heterocycles. The van der Waals surface area contributed by atoms with Gasteiger partial charge in [-0.05, 0) is 67.5 Å². The number of aromatic nitrogens is 5. The number of nitrogens with two attached hydrogens (primary N) is 1. The lowest BCUT2D eigenvalue weighted by Crippen LogP contribution is -2.54. The van der Waals surface area contributed by atoms with Crippen molar-refractivity contribution in [2.24, 2.45) is 11.7 Å². The number of pyridine rings is 2. The monoisotopic (exact) mass is 733 g/mol. The summed E-state index contributed by atoms with van der Waals surface area (Å²) in [5, 5.41) is 7.80. The predicted molar refractivity (Wildman–Crippen MR) is 202 cm³/mol. The third-order valence-electron chi connectivity index (χ3n) is 9.95. The molecule has 2 aliphatic rings. The first-order valence-electron chi connectivity index (χ1n) is 17.8. The molecule has 3 atom stereocenters. The smallest absolute Gasteiger partial charge is 0.250 e. The number of thiazole rings is 1. The first kappa shape index (κ1) is 35.8. The molecule has 3 N–H and O–H groups in total. The summed E-state index contributed by atoms with van der Waals surface area (Å²) in [4.78, 5) is 57.2. The third-order valence-corrected chi connectivity index (χ3v) is 10.9. The highest BCUT2D eigenvalue weighted by Crippen LogP contribution is 2.31. The molecule has 2 fully saturated rings. The summed E-state index contributed by atoms with van der Waals surface area (Å²) < 4.78 is 7.87. The zero-order chi connectivity index (χ0) is 37.2. The van der Waals surface area contributed by atoms with Gasteiger partial charge in [0.25, 0.3) is 0 Å². The normalized spacial score (nSPS) is 17.0. The minimum Gasteiger partial charge on any atom is -0.471 e. The first-order valence-corrected chi connectivity index (χ1v) is 18.7. The summed E-state index contributed by atoms with van der Waals surface area (Å²) >= 11 is 1.61. The average Bonchev–Trinajstić information content (AvgIpc) is 3.92. The van der Waals surface area contributed by atoms with Gasteiger partial charge in [-0.25, -0.2) is 15.0 Å². The van der Waals surface area contributed by atoms with Crippen LogP contribution < -0.4 is 20.7 Å². The van der Waals surface area contributed by atoms with Gasteiger partial charge in [0.05, 0.1) is 47.0 Å². The first-order chi connectivity index (χ1) is 25.5. The number of nitrogens with one attached hydrogen (secondary N) is 1. The highest BCUT2D eigenvalue weighted by molar-refractivity contribution is 7.13. The highest BCUT2D eigenvalue weighted by Gasteiger charge is 2.39. The molecule has 0 spiro atoms. The summed E-state index contributed by atoms with van der Waals surface area (Å²) in [5.41, 5.74) is 12.3. The Labute approximate surface area is 312 Å². The maximum atomic E-state index is 14.2. The molecule has 0 radical (unpaired) electrons. The lowest BCUT2D eigenvalue weighted by molar-refractivity contribution is -0.142. The zero-order valence-corrected chi connectivity index (χ0v) is 31.0. The molecule has 1 aromatic carbocycles. The summed E-state index contributed by atoms with van der Waals surface area (Å²) in [7, 11) is 0. The number of carbonyl (C=O) groups excluding carboxylic acids is 3. The number of benzene rings is 1. The molecule has 4 aromatic heterocycles. The summed E-state index contributed by atoms with van der Waals surface area (Å²) in [6.07, 6.45) is 8.08. The Morgan fingerprint density at radius 2 is 1.75 bits per heavy atom. The van der Waals surface area contributed by atoms with Crippen LogP contribution in [-0.4, -0.2) is 79.1 Å². The molecule has 2 saturated heterocycles. The molecule has 14 heteroatoms. The molecule has 6 heterocycles. The minimum absolute atomic E-state index is 0.0708. The van der Waals surface area contributed by atoms with Crippen LogP contribution in [0.5, 0.6) is 5.88 Å². The van der Waals surface area contributed by atoms with E-state index in [1.165, 1.54) is 6.20 Å². The predicted octanol–water partition coefficient (Wildman–Crippen LogP) is 5.20. The van der Waals surface area contributed by atoms with Crippen LogP contribution in [0.3, 0.4) is 0 Å². The van der Waals surface area contributed by atoms with E-state index in [1.54, 1.807) is 45.4 Å². The second kappa shape index (κ2) is 15.2. The molecule has 274 valence electrons. The molecule has 0 bridgehead atoms. The molecule has 3 amide bonds. The molecule has 13 nitrogen and oxygen atoms in total. The number of hydrogen-bond acceptors (Lipinski definition) is 10. The highest BCUT2D eigenvalue weighted by atomic mass is 32.1. The van der Waals surface area contributed by atoms with Crippen molar-refractivity contribution in [3.63, 3.8) is 0 Å². The van der Waals surface area contributed by atoms with Crippen LogP contribution in [0.4, 0.5) is 5.82 Å². The summed E-state index contributed by atoms with van der Waals surface area (Å²) in [5.74, 6) is 0.390. The Morgan fingerprint density at radius 1 is 0.962 bits per heavy atom. The van der Waals surface area contributed by atoms with Gasteiger partial charge < -0.3 is 25.6 Å². The van der Waals surface area contributed by atoms with E-state index in [0.717, 1.165) is 45.1 Å². The quantitative estimate of drug-likeness (QED) is 0.176. The number of carbonyl (C=O) groups is 3. The largest absolute Gasteiger partial charge is 0.471 e. The fraction of sp³-hybridized carbons (Fsp3) is 0.359. The number of aryl methyl sites for hydroxylation is 1. The molecular formula is C39H43N9O4S. The lowest BCUT2D eigenvalue weighted by Gasteiger charge is -2.39. The lowest BCUT2D eigenvalue weighted by atomic mass is 10.0. The van der Waals surface area contributed by atoms with Crippen LogP contribution in [0.15, 0.2) is 78.8 Å². The van der Waals surface area contributed by atoms with Gasteiger partial charge in [-0.2, -0.15) is 5.10 Å². The van der Waals surface area contributed by atoms with Crippen LogP contribution in [0.25, 0.3) is 21.6 Å². The van der Waals surface area contributed by atoms with Crippen molar-refractivity contribution < 1.29 is 19.1 Å². The van der Waals surface area contributed by atoms with Crippen LogP contribution in [0.1, 0.15) is 67.3 Å². The van der Waals surface area contributed by atoms with Crippen LogP contribution >= 0.6 is 11.3 Å². The van der Waals surface area contributed by atoms with Crippen molar-refractivity contribution in [2.75, 3.05) is 24.5 Å². The van der Waals surface area contributed by atoms with Gasteiger partial charge in [-0.15, -0.1) is 11.3 Å². The standard InChI is InChI=1S/C39H43N9O4S/c1-23(2)35(39(51)47-15-5-6-32(47)38(50)45-24(3)26-7-9-27(10-8-26)36-25(4)43-22-53-36)48-19-30(18-44-48)28-13-14-41-34(16-28)52-31-20-46(21-31)33-12-11-29(17-42-33)37(40)49/h7-14,16-19,22-24,31-32,35H,5-6,15,20-21H2,1-4H3,(H2,40,49)(H,45,50)/t24-,32-,35?/m0/s1. The number of nitrogens with zero attached hydrogens (tertiary/aromatic N) is 7. The van der Waals surface area contributed by atoms with Crippen LogP contribution in [-0.2, 0) is 9.59 Å². The number of ether oxygens (including phenoxy) is 1. The van der Waals surface area contributed by atoms with Crippen molar-refractivity contribution in [1.82, 2.24) is 34.9 Å². The molecule has 0 saturated carbocycles.